The number of aryl methyl sites for hydroxylation is 1. The second-order valence-corrected chi connectivity index (χ2v) is 3.32. The van der Waals surface area contributed by atoms with Crippen LogP contribution >= 0.6 is 0 Å². The number of amides is 1. The minimum Gasteiger partial charge on any atom is -0.504 e. The smallest absolute Gasteiger partial charge is 0.242 e. The van der Waals surface area contributed by atoms with Crippen molar-refractivity contribution in [3.63, 3.8) is 0 Å². The molecule has 4 N–H and O–H groups in total. The molecule has 15 heavy (non-hydrogen) atoms. The van der Waals surface area contributed by atoms with Crippen LogP contribution < -0.4 is 11.1 Å². The number of nitrogens with zero attached hydrogens (tertiary/aromatic N) is 1. The highest BCUT2D eigenvalue weighted by molar-refractivity contribution is 5.94. The van der Waals surface area contributed by atoms with Crippen LogP contribution in [0, 0.1) is 6.92 Å². The van der Waals surface area contributed by atoms with E-state index in [1.807, 2.05) is 6.92 Å². The molecule has 0 saturated heterocycles. The summed E-state index contributed by atoms with van der Waals surface area (Å²) in [4.78, 5) is 15.4. The van der Waals surface area contributed by atoms with Crippen LogP contribution in [0.3, 0.4) is 0 Å². The van der Waals surface area contributed by atoms with Gasteiger partial charge in [-0.25, -0.2) is 4.98 Å². The fourth-order valence-corrected chi connectivity index (χ4v) is 1.04. The van der Waals surface area contributed by atoms with Crippen molar-refractivity contribution in [2.75, 3.05) is 5.32 Å². The summed E-state index contributed by atoms with van der Waals surface area (Å²) in [6.45, 7) is 3.59. The van der Waals surface area contributed by atoms with Gasteiger partial charge in [0.15, 0.2) is 11.6 Å². The lowest BCUT2D eigenvalue weighted by Crippen LogP contribution is -2.35. The zero-order valence-corrected chi connectivity index (χ0v) is 8.82. The van der Waals surface area contributed by atoms with Gasteiger partial charge in [0.1, 0.15) is 0 Å². The monoisotopic (exact) mass is 209 g/mol. The second kappa shape index (κ2) is 4.75. The first-order valence-electron chi connectivity index (χ1n) is 4.77. The van der Waals surface area contributed by atoms with Crippen LogP contribution in [0.15, 0.2) is 12.1 Å². The Kier molecular flexibility index (Phi) is 3.62. The number of anilines is 1. The Morgan fingerprint density at radius 1 is 1.67 bits per heavy atom. The van der Waals surface area contributed by atoms with E-state index in [0.29, 0.717) is 12.1 Å². The van der Waals surface area contributed by atoms with Gasteiger partial charge in [-0.05, 0) is 25.5 Å². The Balaban J connectivity index is 2.80. The molecule has 0 spiro atoms. The third-order valence-electron chi connectivity index (χ3n) is 2.03. The van der Waals surface area contributed by atoms with Gasteiger partial charge in [-0.1, -0.05) is 6.92 Å². The van der Waals surface area contributed by atoms with Gasteiger partial charge in [-0.3, -0.25) is 4.79 Å². The standard InChI is InChI=1S/C10H15N3O2/c1-3-7(11)10(15)13-9-8(14)5-4-6(2)12-9/h4-5,7,14H,3,11H2,1-2H3,(H,12,13,15)/t7-/m1/s1. The van der Waals surface area contributed by atoms with Gasteiger partial charge in [-0.2, -0.15) is 0 Å². The maximum absolute atomic E-state index is 11.4. The first kappa shape index (κ1) is 11.5. The Hall–Kier alpha value is -1.62. The van der Waals surface area contributed by atoms with Crippen molar-refractivity contribution in [1.82, 2.24) is 4.98 Å². The molecule has 0 aromatic carbocycles. The molecule has 5 nitrogen and oxygen atoms in total. The zero-order chi connectivity index (χ0) is 11.4. The van der Waals surface area contributed by atoms with Crippen LogP contribution in [0.2, 0.25) is 0 Å². The van der Waals surface area contributed by atoms with Crippen molar-refractivity contribution in [3.05, 3.63) is 17.8 Å². The third-order valence-corrected chi connectivity index (χ3v) is 2.03. The molecule has 1 aromatic heterocycles. The van der Waals surface area contributed by atoms with Crippen molar-refractivity contribution in [3.8, 4) is 5.75 Å². The highest BCUT2D eigenvalue weighted by Gasteiger charge is 2.13. The number of hydrogen-bond donors (Lipinski definition) is 3. The highest BCUT2D eigenvalue weighted by Crippen LogP contribution is 2.20. The summed E-state index contributed by atoms with van der Waals surface area (Å²) < 4.78 is 0. The maximum atomic E-state index is 11.4. The molecule has 1 rings (SSSR count). The number of hydrogen-bond acceptors (Lipinski definition) is 4. The van der Waals surface area contributed by atoms with Crippen LogP contribution in [-0.4, -0.2) is 22.0 Å². The Morgan fingerprint density at radius 2 is 2.33 bits per heavy atom. The Bertz CT molecular complexity index is 366. The average molecular weight is 209 g/mol. The lowest BCUT2D eigenvalue weighted by Gasteiger charge is -2.10. The van der Waals surface area contributed by atoms with E-state index in [-0.39, 0.29) is 17.5 Å². The van der Waals surface area contributed by atoms with E-state index in [9.17, 15) is 9.90 Å². The van der Waals surface area contributed by atoms with Crippen LogP contribution in [0.4, 0.5) is 5.82 Å². The maximum Gasteiger partial charge on any atom is 0.242 e. The van der Waals surface area contributed by atoms with Gasteiger partial charge in [0.2, 0.25) is 5.91 Å². The van der Waals surface area contributed by atoms with E-state index in [1.165, 1.54) is 6.07 Å². The summed E-state index contributed by atoms with van der Waals surface area (Å²) in [5.74, 6) is -0.243. The number of nitrogens with two attached hydrogens (primary N) is 1. The number of aromatic nitrogens is 1. The number of aromatic hydroxyl groups is 1. The molecule has 0 bridgehead atoms. The van der Waals surface area contributed by atoms with Crippen molar-refractivity contribution in [1.29, 1.82) is 0 Å². The number of carbonyl (C=O) groups is 1. The summed E-state index contributed by atoms with van der Waals surface area (Å²) in [5.41, 5.74) is 6.25. The summed E-state index contributed by atoms with van der Waals surface area (Å²) in [5, 5.41) is 11.9. The molecule has 82 valence electrons. The van der Waals surface area contributed by atoms with Crippen LogP contribution in [-0.2, 0) is 4.79 Å². The molecule has 1 aromatic rings. The van der Waals surface area contributed by atoms with E-state index in [1.54, 1.807) is 13.0 Å². The van der Waals surface area contributed by atoms with Crippen molar-refractivity contribution < 1.29 is 9.90 Å². The second-order valence-electron chi connectivity index (χ2n) is 3.32. The molecule has 0 aliphatic carbocycles. The van der Waals surface area contributed by atoms with Crippen LogP contribution in [0.1, 0.15) is 19.0 Å². The molecular weight excluding hydrogens is 194 g/mol. The summed E-state index contributed by atoms with van der Waals surface area (Å²) in [6, 6.07) is 2.56. The van der Waals surface area contributed by atoms with E-state index in [2.05, 4.69) is 10.3 Å². The number of pyridine rings is 1. The number of nitrogens with one attached hydrogen (secondary N) is 1. The van der Waals surface area contributed by atoms with E-state index in [4.69, 9.17) is 5.73 Å². The molecule has 5 heteroatoms. The summed E-state index contributed by atoms with van der Waals surface area (Å²) in [6.07, 6.45) is 0.540. The SMILES string of the molecule is CC[C@@H](N)C(=O)Nc1nc(C)ccc1O. The number of rotatable bonds is 3. The molecule has 0 aliphatic heterocycles. The molecule has 1 atom stereocenters. The minimum atomic E-state index is -0.577. The highest BCUT2D eigenvalue weighted by atomic mass is 16.3. The van der Waals surface area contributed by atoms with E-state index in [0.717, 1.165) is 0 Å². The van der Waals surface area contributed by atoms with Gasteiger partial charge in [0.05, 0.1) is 6.04 Å². The quantitative estimate of drug-likeness (QED) is 0.686. The van der Waals surface area contributed by atoms with Crippen molar-refractivity contribution in [2.24, 2.45) is 5.73 Å². The van der Waals surface area contributed by atoms with Gasteiger partial charge in [-0.15, -0.1) is 0 Å². The third kappa shape index (κ3) is 2.92. The summed E-state index contributed by atoms with van der Waals surface area (Å²) >= 11 is 0. The van der Waals surface area contributed by atoms with Crippen molar-refractivity contribution >= 4 is 11.7 Å². The summed E-state index contributed by atoms with van der Waals surface area (Å²) in [7, 11) is 0. The van der Waals surface area contributed by atoms with Gasteiger partial charge in [0, 0.05) is 5.69 Å². The van der Waals surface area contributed by atoms with E-state index >= 15 is 0 Å². The lowest BCUT2D eigenvalue weighted by molar-refractivity contribution is -0.117. The van der Waals surface area contributed by atoms with Gasteiger partial charge < -0.3 is 16.2 Å². The first-order valence-corrected chi connectivity index (χ1v) is 4.77. The van der Waals surface area contributed by atoms with Crippen molar-refractivity contribution in [2.45, 2.75) is 26.3 Å². The lowest BCUT2D eigenvalue weighted by atomic mass is 10.2. The van der Waals surface area contributed by atoms with Crippen LogP contribution in [0.5, 0.6) is 5.75 Å². The topological polar surface area (TPSA) is 88.2 Å². The molecular formula is C10H15N3O2. The molecule has 0 fully saturated rings. The average Bonchev–Trinajstić information content (AvgIpc) is 2.22. The largest absolute Gasteiger partial charge is 0.504 e. The first-order chi connectivity index (χ1) is 7.04. The van der Waals surface area contributed by atoms with E-state index < -0.39 is 6.04 Å². The fraction of sp³-hybridized carbons (Fsp3) is 0.400. The van der Waals surface area contributed by atoms with Crippen LogP contribution in [0.25, 0.3) is 0 Å². The molecule has 0 aliphatic rings. The predicted molar refractivity (Wildman–Crippen MR) is 57.5 cm³/mol. The Morgan fingerprint density at radius 3 is 2.93 bits per heavy atom. The minimum absolute atomic E-state index is 0.0581. The zero-order valence-electron chi connectivity index (χ0n) is 8.82. The van der Waals surface area contributed by atoms with Gasteiger partial charge in [0.25, 0.3) is 0 Å². The molecule has 0 unspecified atom stereocenters. The normalized spacial score (nSPS) is 12.2. The molecule has 0 radical (unpaired) electrons. The Labute approximate surface area is 88.3 Å². The molecule has 1 amide bonds. The van der Waals surface area contributed by atoms with Gasteiger partial charge >= 0.3 is 0 Å². The molecule has 0 saturated carbocycles. The molecule has 1 heterocycles. The predicted octanol–water partition coefficient (Wildman–Crippen LogP) is 0.771. The number of carbonyl (C=O) groups excluding carboxylic acids is 1. The fourth-order valence-electron chi connectivity index (χ4n) is 1.04.